The molecule has 3 fully saturated rings. The van der Waals surface area contributed by atoms with E-state index in [9.17, 15) is 9.59 Å². The number of fused-ring (bicyclic) bond motifs is 2. The third kappa shape index (κ3) is 2.35. The minimum absolute atomic E-state index is 0.127. The van der Waals surface area contributed by atoms with E-state index in [-0.39, 0.29) is 23.8 Å². The van der Waals surface area contributed by atoms with Crippen LogP contribution < -0.4 is 5.32 Å². The lowest BCUT2D eigenvalue weighted by atomic mass is 9.80. The lowest BCUT2D eigenvalue weighted by Gasteiger charge is -2.32. The van der Waals surface area contributed by atoms with Gasteiger partial charge in [0.25, 0.3) is 5.91 Å². The number of nitrogens with zero attached hydrogens (tertiary/aromatic N) is 2. The van der Waals surface area contributed by atoms with Gasteiger partial charge in [-0.05, 0) is 18.9 Å². The molecule has 1 N–H and O–H groups in total. The Morgan fingerprint density at radius 3 is 2.76 bits per heavy atom. The molecule has 128 valence electrons. The van der Waals surface area contributed by atoms with Crippen LogP contribution in [0.2, 0.25) is 0 Å². The molecule has 2 aromatic rings. The summed E-state index contributed by atoms with van der Waals surface area (Å²) in [6.07, 6.45) is 4.82. The van der Waals surface area contributed by atoms with E-state index < -0.39 is 0 Å². The fourth-order valence-electron chi connectivity index (χ4n) is 4.20. The molecule has 1 aliphatic heterocycles. The van der Waals surface area contributed by atoms with Crippen molar-refractivity contribution in [1.82, 2.24) is 15.2 Å². The molecular formula is C19H19N3O3. The van der Waals surface area contributed by atoms with Crippen LogP contribution in [0.25, 0.3) is 11.1 Å². The number of carbonyl (C=O) groups excluding carboxylic acids is 2. The fourth-order valence-corrected chi connectivity index (χ4v) is 4.20. The van der Waals surface area contributed by atoms with Crippen LogP contribution in [0.4, 0.5) is 0 Å². The topological polar surface area (TPSA) is 75.4 Å². The molecule has 2 atom stereocenters. The number of allylic oxidation sites excluding steroid dienone is 1. The standard InChI is InChI=1S/C19H19N3O3/c1-10-4-11(5-10)19(24)22-8-13-14(9-22)17(13)21-18(23)12-6-16-15(20-7-12)2-3-25-16/h2-3,6-7,11,13-14,17H,1,4-5,8-9H2,(H,21,23). The molecule has 2 aromatic heterocycles. The number of rotatable bonds is 3. The average molecular weight is 337 g/mol. The van der Waals surface area contributed by atoms with E-state index in [1.807, 2.05) is 4.90 Å². The Morgan fingerprint density at radius 1 is 1.28 bits per heavy atom. The van der Waals surface area contributed by atoms with Gasteiger partial charge in [-0.25, -0.2) is 0 Å². The van der Waals surface area contributed by atoms with Gasteiger partial charge in [-0.3, -0.25) is 14.6 Å². The summed E-state index contributed by atoms with van der Waals surface area (Å²) in [6, 6.07) is 3.65. The molecule has 0 spiro atoms. The Labute approximate surface area is 144 Å². The molecule has 0 aromatic carbocycles. The molecule has 25 heavy (non-hydrogen) atoms. The summed E-state index contributed by atoms with van der Waals surface area (Å²) in [5.41, 5.74) is 3.04. The van der Waals surface area contributed by atoms with Crippen molar-refractivity contribution in [2.24, 2.45) is 17.8 Å². The van der Waals surface area contributed by atoms with E-state index in [2.05, 4.69) is 16.9 Å². The minimum atomic E-state index is -0.127. The quantitative estimate of drug-likeness (QED) is 0.869. The molecule has 5 rings (SSSR count). The Kier molecular flexibility index (Phi) is 3.04. The second-order valence-electron chi connectivity index (χ2n) is 7.45. The second-order valence-corrected chi connectivity index (χ2v) is 7.45. The summed E-state index contributed by atoms with van der Waals surface area (Å²) in [7, 11) is 0. The first kappa shape index (κ1) is 14.7. The molecule has 2 saturated carbocycles. The number of hydrogen-bond donors (Lipinski definition) is 1. The Balaban J connectivity index is 1.18. The molecule has 2 unspecified atom stereocenters. The van der Waals surface area contributed by atoms with Crippen molar-refractivity contribution in [3.63, 3.8) is 0 Å². The van der Waals surface area contributed by atoms with Crippen LogP contribution in [0.15, 0.2) is 41.2 Å². The van der Waals surface area contributed by atoms with Gasteiger partial charge in [-0.2, -0.15) is 0 Å². The fraction of sp³-hybridized carbons (Fsp3) is 0.421. The van der Waals surface area contributed by atoms with Crippen LogP contribution in [0, 0.1) is 17.8 Å². The number of furan rings is 1. The van der Waals surface area contributed by atoms with Crippen LogP contribution in [-0.4, -0.2) is 40.8 Å². The zero-order chi connectivity index (χ0) is 17.1. The Morgan fingerprint density at radius 2 is 2.04 bits per heavy atom. The highest BCUT2D eigenvalue weighted by molar-refractivity contribution is 5.96. The number of pyridine rings is 1. The lowest BCUT2D eigenvalue weighted by molar-refractivity contribution is -0.136. The highest BCUT2D eigenvalue weighted by Crippen LogP contribution is 2.47. The number of aromatic nitrogens is 1. The van der Waals surface area contributed by atoms with Crippen LogP contribution >= 0.6 is 0 Å². The van der Waals surface area contributed by atoms with Gasteiger partial charge in [0.2, 0.25) is 5.91 Å². The van der Waals surface area contributed by atoms with Crippen LogP contribution in [-0.2, 0) is 4.79 Å². The molecule has 0 radical (unpaired) electrons. The SMILES string of the molecule is C=C1CC(C(=O)N2CC3C(C2)C3NC(=O)c2cnc3ccoc3c2)C1. The smallest absolute Gasteiger partial charge is 0.253 e. The van der Waals surface area contributed by atoms with Gasteiger partial charge in [0, 0.05) is 49.1 Å². The van der Waals surface area contributed by atoms with E-state index in [1.165, 1.54) is 5.57 Å². The summed E-state index contributed by atoms with van der Waals surface area (Å²) in [5.74, 6) is 1.05. The van der Waals surface area contributed by atoms with Crippen molar-refractivity contribution in [3.05, 3.63) is 42.3 Å². The molecule has 6 heteroatoms. The molecule has 2 aliphatic carbocycles. The van der Waals surface area contributed by atoms with E-state index in [1.54, 1.807) is 24.6 Å². The summed E-state index contributed by atoms with van der Waals surface area (Å²) in [5, 5.41) is 3.08. The normalized spacial score (nSPS) is 27.9. The van der Waals surface area contributed by atoms with Crippen LogP contribution in [0.3, 0.4) is 0 Å². The highest BCUT2D eigenvalue weighted by Gasteiger charge is 2.58. The predicted molar refractivity (Wildman–Crippen MR) is 90.7 cm³/mol. The predicted octanol–water partition coefficient (Wildman–Crippen LogP) is 1.98. The summed E-state index contributed by atoms with van der Waals surface area (Å²) < 4.78 is 5.30. The zero-order valence-corrected chi connectivity index (χ0v) is 13.8. The van der Waals surface area contributed by atoms with Gasteiger partial charge in [0.15, 0.2) is 5.58 Å². The van der Waals surface area contributed by atoms with Crippen molar-refractivity contribution in [1.29, 1.82) is 0 Å². The third-order valence-corrected chi connectivity index (χ3v) is 5.79. The van der Waals surface area contributed by atoms with Gasteiger partial charge >= 0.3 is 0 Å². The number of nitrogens with one attached hydrogen (secondary N) is 1. The number of amides is 2. The number of piperidine rings is 1. The van der Waals surface area contributed by atoms with E-state index in [0.717, 1.165) is 31.4 Å². The number of likely N-dealkylation sites (tertiary alicyclic amines) is 1. The van der Waals surface area contributed by atoms with Gasteiger partial charge in [0.05, 0.1) is 11.8 Å². The second kappa shape index (κ2) is 5.18. The molecular weight excluding hydrogens is 318 g/mol. The van der Waals surface area contributed by atoms with Crippen molar-refractivity contribution >= 4 is 22.9 Å². The van der Waals surface area contributed by atoms with E-state index in [4.69, 9.17) is 4.42 Å². The van der Waals surface area contributed by atoms with Gasteiger partial charge in [-0.15, -0.1) is 0 Å². The largest absolute Gasteiger partial charge is 0.463 e. The first-order chi connectivity index (χ1) is 12.1. The summed E-state index contributed by atoms with van der Waals surface area (Å²) >= 11 is 0. The number of carbonyl (C=O) groups is 2. The van der Waals surface area contributed by atoms with Gasteiger partial charge in [-0.1, -0.05) is 12.2 Å². The maximum absolute atomic E-state index is 12.4. The van der Waals surface area contributed by atoms with Crippen molar-refractivity contribution < 1.29 is 14.0 Å². The van der Waals surface area contributed by atoms with Crippen molar-refractivity contribution in [3.8, 4) is 0 Å². The van der Waals surface area contributed by atoms with Gasteiger partial charge in [0.1, 0.15) is 5.52 Å². The van der Waals surface area contributed by atoms with Crippen molar-refractivity contribution in [2.45, 2.75) is 18.9 Å². The molecule has 2 amide bonds. The first-order valence-corrected chi connectivity index (χ1v) is 8.69. The van der Waals surface area contributed by atoms with E-state index >= 15 is 0 Å². The lowest BCUT2D eigenvalue weighted by Crippen LogP contribution is -2.42. The van der Waals surface area contributed by atoms with Crippen LogP contribution in [0.1, 0.15) is 23.2 Å². The zero-order valence-electron chi connectivity index (χ0n) is 13.8. The number of hydrogen-bond acceptors (Lipinski definition) is 4. The monoisotopic (exact) mass is 337 g/mol. The Bertz CT molecular complexity index is 882. The maximum Gasteiger partial charge on any atom is 0.253 e. The highest BCUT2D eigenvalue weighted by atomic mass is 16.3. The third-order valence-electron chi connectivity index (χ3n) is 5.79. The van der Waals surface area contributed by atoms with Crippen molar-refractivity contribution in [2.75, 3.05) is 13.1 Å². The molecule has 0 bridgehead atoms. The maximum atomic E-state index is 12.4. The molecule has 3 aliphatic rings. The van der Waals surface area contributed by atoms with Crippen LogP contribution in [0.5, 0.6) is 0 Å². The van der Waals surface area contributed by atoms with Gasteiger partial charge < -0.3 is 14.6 Å². The minimum Gasteiger partial charge on any atom is -0.463 e. The molecule has 1 saturated heterocycles. The Hall–Kier alpha value is -2.63. The summed E-state index contributed by atoms with van der Waals surface area (Å²) in [6.45, 7) is 5.42. The molecule has 6 nitrogen and oxygen atoms in total. The summed E-state index contributed by atoms with van der Waals surface area (Å²) in [4.78, 5) is 31.0. The molecule has 3 heterocycles. The van der Waals surface area contributed by atoms with E-state index in [0.29, 0.717) is 23.0 Å². The first-order valence-electron chi connectivity index (χ1n) is 8.69. The average Bonchev–Trinajstić information content (AvgIpc) is 3.00.